The highest BCUT2D eigenvalue weighted by atomic mass is 32.1. The monoisotopic (exact) mass is 543 g/mol. The number of hydrogen-bond donors (Lipinski definition) is 2. The molecule has 2 saturated carbocycles. The lowest BCUT2D eigenvalue weighted by atomic mass is 9.48. The summed E-state index contributed by atoms with van der Waals surface area (Å²) >= 11 is 4.70. The highest BCUT2D eigenvalue weighted by Gasteiger charge is 2.73. The van der Waals surface area contributed by atoms with Gasteiger partial charge in [0.15, 0.2) is 11.5 Å². The number of phenolic OH excluding ortho intramolecular Hbond substituents is 1. The average Bonchev–Trinajstić information content (AvgIpc) is 3.67. The summed E-state index contributed by atoms with van der Waals surface area (Å²) in [6, 6.07) is 11.0. The fourth-order valence-corrected chi connectivity index (χ4v) is 8.16. The van der Waals surface area contributed by atoms with Crippen LogP contribution in [0.3, 0.4) is 0 Å². The van der Waals surface area contributed by atoms with Gasteiger partial charge in [-0.25, -0.2) is 0 Å². The Hall–Kier alpha value is -3.03. The lowest BCUT2D eigenvalue weighted by Gasteiger charge is -2.64. The smallest absolute Gasteiger partial charge is 0.246 e. The molecule has 1 saturated heterocycles. The van der Waals surface area contributed by atoms with Crippen LogP contribution in [0.1, 0.15) is 48.8 Å². The van der Waals surface area contributed by atoms with Gasteiger partial charge < -0.3 is 19.8 Å². The van der Waals surface area contributed by atoms with E-state index < -0.39 is 17.1 Å². The minimum absolute atomic E-state index is 0.0186. The summed E-state index contributed by atoms with van der Waals surface area (Å²) in [4.78, 5) is 21.8. The molecule has 202 valence electrons. The number of aromatic hydroxyl groups is 1. The summed E-state index contributed by atoms with van der Waals surface area (Å²) in [6.07, 6.45) is 8.23. The number of phenols is 1. The van der Waals surface area contributed by atoms with Crippen LogP contribution in [0.25, 0.3) is 6.08 Å². The first-order chi connectivity index (χ1) is 18.9. The molecule has 1 amide bonds. The number of rotatable bonds is 6. The largest absolute Gasteiger partial charge is 0.504 e. The minimum atomic E-state index is -0.963. The van der Waals surface area contributed by atoms with E-state index in [1.807, 2.05) is 37.4 Å². The number of piperidine rings is 1. The second kappa shape index (κ2) is 9.00. The lowest BCUT2D eigenvalue weighted by molar-refractivity contribution is -0.200. The number of thiocarbonyl (C=S) groups is 1. The van der Waals surface area contributed by atoms with E-state index in [1.165, 1.54) is 12.8 Å². The summed E-state index contributed by atoms with van der Waals surface area (Å²) in [5.74, 6) is 1.23. The van der Waals surface area contributed by atoms with Gasteiger partial charge in [-0.15, -0.1) is 0 Å². The zero-order valence-electron chi connectivity index (χ0n) is 22.0. The van der Waals surface area contributed by atoms with Gasteiger partial charge in [0.05, 0.1) is 27.9 Å². The minimum Gasteiger partial charge on any atom is -0.504 e. The van der Waals surface area contributed by atoms with Gasteiger partial charge in [-0.3, -0.25) is 9.69 Å². The van der Waals surface area contributed by atoms with Gasteiger partial charge in [0, 0.05) is 31.3 Å². The molecule has 2 aromatic rings. The molecule has 3 unspecified atom stereocenters. The van der Waals surface area contributed by atoms with Crippen molar-refractivity contribution in [1.82, 2.24) is 9.80 Å². The molecule has 7 rings (SSSR count). The highest BCUT2D eigenvalue weighted by molar-refractivity contribution is 7.78. The quantitative estimate of drug-likeness (QED) is 0.322. The molecule has 5 aliphatic rings. The number of amides is 1. The zero-order chi connectivity index (χ0) is 26.9. The predicted molar refractivity (Wildman–Crippen MR) is 152 cm³/mol. The molecule has 1 spiro atoms. The van der Waals surface area contributed by atoms with Crippen molar-refractivity contribution in [2.24, 2.45) is 10.9 Å². The fourth-order valence-electron chi connectivity index (χ4n) is 8.05. The molecule has 5 atom stereocenters. The van der Waals surface area contributed by atoms with Crippen molar-refractivity contribution in [1.29, 1.82) is 0 Å². The van der Waals surface area contributed by atoms with Crippen LogP contribution in [-0.2, 0) is 16.6 Å². The summed E-state index contributed by atoms with van der Waals surface area (Å²) in [7, 11) is 1.82. The maximum atomic E-state index is 13.5. The van der Waals surface area contributed by atoms with Crippen LogP contribution < -0.4 is 4.74 Å². The molecule has 2 bridgehead atoms. The Morgan fingerprint density at radius 1 is 1.28 bits per heavy atom. The van der Waals surface area contributed by atoms with Gasteiger partial charge in [0.25, 0.3) is 0 Å². The fraction of sp³-hybridized carbons (Fsp3) is 0.484. The molecule has 2 aromatic carbocycles. The number of isothiocyanates is 1. The summed E-state index contributed by atoms with van der Waals surface area (Å²) < 4.78 is 6.62. The third-order valence-electron chi connectivity index (χ3n) is 10.0. The third kappa shape index (κ3) is 3.66. The van der Waals surface area contributed by atoms with Gasteiger partial charge in [0.1, 0.15) is 6.10 Å². The number of likely N-dealkylation sites (tertiary alicyclic amines) is 1. The van der Waals surface area contributed by atoms with Crippen LogP contribution in [0.4, 0.5) is 5.69 Å². The van der Waals surface area contributed by atoms with E-state index >= 15 is 0 Å². The van der Waals surface area contributed by atoms with Crippen molar-refractivity contribution < 1.29 is 19.7 Å². The van der Waals surface area contributed by atoms with Crippen molar-refractivity contribution in [2.75, 3.05) is 20.1 Å². The van der Waals surface area contributed by atoms with Crippen LogP contribution in [-0.4, -0.2) is 75.0 Å². The number of benzene rings is 2. The maximum absolute atomic E-state index is 13.5. The number of nitrogens with zero attached hydrogens (tertiary/aromatic N) is 3. The van der Waals surface area contributed by atoms with Crippen LogP contribution in [0.2, 0.25) is 0 Å². The van der Waals surface area contributed by atoms with E-state index in [2.05, 4.69) is 15.1 Å². The topological polar surface area (TPSA) is 85.6 Å². The highest BCUT2D eigenvalue weighted by Crippen LogP contribution is 2.66. The van der Waals surface area contributed by atoms with Crippen LogP contribution in [0.5, 0.6) is 11.5 Å². The van der Waals surface area contributed by atoms with E-state index in [-0.39, 0.29) is 23.7 Å². The molecule has 39 heavy (non-hydrogen) atoms. The van der Waals surface area contributed by atoms with E-state index in [0.29, 0.717) is 24.3 Å². The second-order valence-corrected chi connectivity index (χ2v) is 12.2. The Kier molecular flexibility index (Phi) is 5.76. The standard InChI is InChI=1S/C31H33N3O4S/c1-33(26(36)10-7-19-3-2-4-22(15-19)32-18-39)23-11-12-31(37)25-16-21-8-9-24(35)28-27(21)30(31,29(23)38-28)13-14-34(25)17-20-5-6-20/h2-4,7-10,15,20,23,25,29,35,37H,5-6,11-14,16-17H2,1H3/b10-7+/t23?,25-,29?,30-,31?/m0/s1. The van der Waals surface area contributed by atoms with Crippen molar-refractivity contribution in [2.45, 2.75) is 67.7 Å². The Morgan fingerprint density at radius 2 is 2.13 bits per heavy atom. The van der Waals surface area contributed by atoms with E-state index in [9.17, 15) is 15.0 Å². The van der Waals surface area contributed by atoms with Crippen LogP contribution in [0.15, 0.2) is 47.5 Å². The zero-order valence-corrected chi connectivity index (χ0v) is 22.9. The van der Waals surface area contributed by atoms with E-state index in [1.54, 1.807) is 23.1 Å². The average molecular weight is 544 g/mol. The third-order valence-corrected chi connectivity index (χ3v) is 10.1. The molecule has 0 aromatic heterocycles. The predicted octanol–water partition coefficient (Wildman–Crippen LogP) is 4.23. The summed E-state index contributed by atoms with van der Waals surface area (Å²) in [5, 5.41) is 25.8. The number of aliphatic hydroxyl groups is 1. The van der Waals surface area contributed by atoms with Crippen molar-refractivity contribution in [3.63, 3.8) is 0 Å². The van der Waals surface area contributed by atoms with Crippen molar-refractivity contribution >= 4 is 35.0 Å². The van der Waals surface area contributed by atoms with E-state index in [4.69, 9.17) is 17.0 Å². The Morgan fingerprint density at radius 3 is 2.92 bits per heavy atom. The first kappa shape index (κ1) is 25.0. The molecule has 8 heteroatoms. The number of aliphatic imine (C=N–C) groups is 1. The Bertz CT molecular complexity index is 1430. The number of carbonyl (C=O) groups is 1. The molecule has 3 aliphatic carbocycles. The van der Waals surface area contributed by atoms with Crippen LogP contribution >= 0.6 is 12.2 Å². The van der Waals surface area contributed by atoms with Gasteiger partial charge in [0.2, 0.25) is 5.91 Å². The number of likely N-dealkylation sites (N-methyl/N-ethyl adjacent to an activating group) is 1. The van der Waals surface area contributed by atoms with Gasteiger partial charge in [-0.05, 0) is 98.6 Å². The maximum Gasteiger partial charge on any atom is 0.246 e. The molecule has 0 radical (unpaired) electrons. The second-order valence-electron chi connectivity index (χ2n) is 12.0. The Labute approximate surface area is 233 Å². The molecular formula is C31H33N3O4S. The van der Waals surface area contributed by atoms with Gasteiger partial charge in [-0.1, -0.05) is 18.2 Å². The number of hydrogen-bond acceptors (Lipinski definition) is 7. The molecular weight excluding hydrogens is 510 g/mol. The van der Waals surface area contributed by atoms with Crippen molar-refractivity contribution in [3.05, 3.63) is 59.2 Å². The van der Waals surface area contributed by atoms with Gasteiger partial charge >= 0.3 is 0 Å². The SMILES string of the molecule is CN(C(=O)/C=C/c1cccc(N=C=S)c1)C1CCC2(O)[C@@H]3Cc4ccc(O)c5c4[C@@]2(CCN3CC2CC2)C1O5. The lowest BCUT2D eigenvalue weighted by Crippen LogP contribution is -2.78. The summed E-state index contributed by atoms with van der Waals surface area (Å²) in [6.45, 7) is 1.93. The molecule has 2 aliphatic heterocycles. The molecule has 3 fully saturated rings. The summed E-state index contributed by atoms with van der Waals surface area (Å²) in [5.41, 5.74) is 2.06. The van der Waals surface area contributed by atoms with Crippen molar-refractivity contribution in [3.8, 4) is 11.5 Å². The Balaban J connectivity index is 1.22. The van der Waals surface area contributed by atoms with Gasteiger partial charge in [-0.2, -0.15) is 4.99 Å². The number of carbonyl (C=O) groups excluding carboxylic acids is 1. The van der Waals surface area contributed by atoms with Crippen LogP contribution in [0, 0.1) is 5.92 Å². The first-order valence-electron chi connectivity index (χ1n) is 14.0. The van der Waals surface area contributed by atoms with E-state index in [0.717, 1.165) is 48.5 Å². The normalized spacial score (nSPS) is 32.3. The molecule has 7 nitrogen and oxygen atoms in total. The molecule has 2 heterocycles. The first-order valence-corrected chi connectivity index (χ1v) is 14.4. The molecule has 2 N–H and O–H groups in total. The number of ether oxygens (including phenoxy) is 1.